The highest BCUT2D eigenvalue weighted by Gasteiger charge is 2.41. The lowest BCUT2D eigenvalue weighted by molar-refractivity contribution is -0.160. The number of primary sulfonamides is 1. The maximum atomic E-state index is 15.0. The molecule has 0 saturated carbocycles. The minimum atomic E-state index is -4.14. The standard InChI is InChI=1S/C80H116N12O28S5/c1-9-17-71(109)120-43-92(76(113)54(45(5)10-2)37-63(97)59-19-15-16-27-91(59)8)60(44(3)4)31-47(7)75-87-57(41-121-75)74(112)83-51(32-48-21-23-53(94)24-22-48)30-46(6)64(98)40-82-79(116)119-28-29-122-123-42-58(77(114)115)86-73(111)50(36-68(103)104)34-62(96)56(39-70(107)108)85-72(110)49(35-67(101)102)33-61(95)55(38-69(105)106)84-65(99)20-14-12-11-13-18-52(93)25-26-66(100)88-78-89-90-80(124-78)125(81,117)118/h21-24,41,44-47,49-51,54-56,58-60,94H,9-20,25-40,42-43H2,1-8H3,(H,82,116)(H,83,112)(H,84,99)(H,85,110)(H,86,111)(H,101,102)(H,103,104)(H,105,106)(H,107,108)(H,114,115)(H2,81,117,118)(H,88,89,100)/t45?,46-,47+,49-,50-,51+,54-,55-,56-,58-,59+,60+/m0/s1. The van der Waals surface area contributed by atoms with E-state index in [1.165, 1.54) is 23.5 Å². The Morgan fingerprint density at radius 3 is 1.82 bits per heavy atom. The number of hydrogen-bond donors (Lipinski definition) is 13. The summed E-state index contributed by atoms with van der Waals surface area (Å²) in [5, 5.41) is 86.9. The molecule has 0 radical (unpaired) electrons. The van der Waals surface area contributed by atoms with E-state index >= 15 is 0 Å². The minimum absolute atomic E-state index is 0.00374. The number of ketones is 5. The summed E-state index contributed by atoms with van der Waals surface area (Å²) in [5.41, 5.74) is 0.787. The van der Waals surface area contributed by atoms with E-state index in [4.69, 9.17) is 19.6 Å². The Bertz CT molecular complexity index is 4340. The number of likely N-dealkylation sites (tertiary alicyclic amines) is 1. The Kier molecular flexibility index (Phi) is 47.1. The average Bonchev–Trinajstić information content (AvgIpc) is 1.38. The van der Waals surface area contributed by atoms with Gasteiger partial charge in [-0.2, -0.15) is 0 Å². The summed E-state index contributed by atoms with van der Waals surface area (Å²) in [6.07, 6.45) is -2.61. The van der Waals surface area contributed by atoms with Gasteiger partial charge in [-0.25, -0.2) is 28.1 Å². The first-order chi connectivity index (χ1) is 58.9. The fraction of sp³-hybridized carbons (Fsp3) is 0.637. The van der Waals surface area contributed by atoms with Crippen LogP contribution in [0.3, 0.4) is 0 Å². The van der Waals surface area contributed by atoms with Crippen molar-refractivity contribution < 1.29 is 135 Å². The number of esters is 1. The fourth-order valence-electron chi connectivity index (χ4n) is 13.6. The van der Waals surface area contributed by atoms with Gasteiger partial charge in [-0.05, 0) is 94.5 Å². The van der Waals surface area contributed by atoms with E-state index < -0.39 is 208 Å². The van der Waals surface area contributed by atoms with Crippen LogP contribution in [-0.2, 0) is 103 Å². The van der Waals surface area contributed by atoms with E-state index in [9.17, 15) is 125 Å². The monoisotopic (exact) mass is 1850 g/mol. The maximum Gasteiger partial charge on any atom is 0.407 e. The third kappa shape index (κ3) is 40.1. The predicted molar refractivity (Wildman–Crippen MR) is 456 cm³/mol. The lowest BCUT2D eigenvalue weighted by atomic mass is 9.82. The van der Waals surface area contributed by atoms with E-state index in [1.54, 1.807) is 29.3 Å². The molecule has 4 rings (SSSR count). The molecule has 0 bridgehead atoms. The number of ether oxygens (including phenoxy) is 2. The number of Topliss-reactive ketones (excluding diaryl/α,β-unsaturated/α-hetero) is 5. The molecule has 12 atom stereocenters. The van der Waals surface area contributed by atoms with Crippen LogP contribution < -0.4 is 37.0 Å². The topological polar surface area (TPSA) is 625 Å². The quantitative estimate of drug-likeness (QED) is 0.0100. The number of aromatic hydroxyl groups is 1. The number of carboxylic acid groups (broad SMARTS) is 5. The summed E-state index contributed by atoms with van der Waals surface area (Å²) in [6.45, 7) is 12.9. The Morgan fingerprint density at radius 1 is 0.664 bits per heavy atom. The molecule has 1 saturated heterocycles. The van der Waals surface area contributed by atoms with Crippen LogP contribution in [0, 0.1) is 35.5 Å². The number of nitrogens with zero attached hydrogens (tertiary/aromatic N) is 5. The number of hydrogen-bond acceptors (Lipinski definition) is 31. The fourth-order valence-corrected chi connectivity index (χ4v) is 17.8. The highest BCUT2D eigenvalue weighted by Crippen LogP contribution is 2.34. The molecule has 14 N–H and O–H groups in total. The largest absolute Gasteiger partial charge is 0.508 e. The number of carbonyl (C=O) groups excluding carboxylic acids is 13. The second-order valence-electron chi connectivity index (χ2n) is 31.2. The number of anilines is 1. The molecule has 3 heterocycles. The first-order valence-electron chi connectivity index (χ1n) is 41.0. The number of nitrogens with two attached hydrogens (primary N) is 1. The molecule has 694 valence electrons. The smallest absolute Gasteiger partial charge is 0.407 e. The van der Waals surface area contributed by atoms with Crippen LogP contribution in [0.4, 0.5) is 9.93 Å². The predicted octanol–water partition coefficient (Wildman–Crippen LogP) is 6.06. The van der Waals surface area contributed by atoms with Gasteiger partial charge in [-0.1, -0.05) is 119 Å². The summed E-state index contributed by atoms with van der Waals surface area (Å²) >= 11 is 1.76. The first kappa shape index (κ1) is 107. The number of sulfonamides is 1. The van der Waals surface area contributed by atoms with Crippen molar-refractivity contribution in [2.75, 3.05) is 50.3 Å². The van der Waals surface area contributed by atoms with Crippen molar-refractivity contribution in [2.24, 2.45) is 40.6 Å². The SMILES string of the molecule is CCCC(=O)OCN(C(=O)[C@@H](CC(=O)[C@H]1CCCCN1C)C(C)CC)[C@H](C[C@@H](C)c1nc(C(=O)N[C@@H](Cc2ccc(O)cc2)C[C@H](C)C(=O)CNC(=O)OCCSSC[C@H](NC(=O)[C@H](CC(=O)O)CC(=O)[C@H](CC(=O)O)NC(=O)[C@H](CC(=O)O)CC(=O)[C@H](CC(=O)O)NC(=O)CCCCCCC(=O)CCC(=O)Nc2nnc(S(N)(=O)=O)s2)C(=O)O)cs1)C(C)C. The van der Waals surface area contributed by atoms with E-state index in [0.29, 0.717) is 66.9 Å². The van der Waals surface area contributed by atoms with Crippen molar-refractivity contribution in [2.45, 2.75) is 249 Å². The van der Waals surface area contributed by atoms with Gasteiger partial charge in [0, 0.05) is 98.1 Å². The molecule has 0 spiro atoms. The van der Waals surface area contributed by atoms with Crippen LogP contribution in [0.25, 0.3) is 0 Å². The number of aromatic nitrogens is 3. The highest BCUT2D eigenvalue weighted by atomic mass is 33.1. The zero-order chi connectivity index (χ0) is 93.4. The van der Waals surface area contributed by atoms with Gasteiger partial charge in [0.25, 0.3) is 15.9 Å². The Balaban J connectivity index is 1.30. The molecule has 3 aromatic rings. The zero-order valence-electron chi connectivity index (χ0n) is 71.1. The number of phenols is 1. The first-order valence-corrected chi connectivity index (χ1v) is 46.8. The van der Waals surface area contributed by atoms with Gasteiger partial charge in [-0.3, -0.25) is 81.6 Å². The van der Waals surface area contributed by atoms with Crippen molar-refractivity contribution in [3.8, 4) is 5.75 Å². The second kappa shape index (κ2) is 54.8. The van der Waals surface area contributed by atoms with Gasteiger partial charge in [0.2, 0.25) is 39.0 Å². The Labute approximate surface area is 739 Å². The lowest BCUT2D eigenvalue weighted by Crippen LogP contribution is -2.50. The molecular weight excluding hydrogens is 1740 g/mol. The average molecular weight is 1850 g/mol. The van der Waals surface area contributed by atoms with Crippen molar-refractivity contribution in [3.63, 3.8) is 0 Å². The summed E-state index contributed by atoms with van der Waals surface area (Å²) in [5.74, 6) is -23.5. The van der Waals surface area contributed by atoms with Crippen molar-refractivity contribution >= 4 is 166 Å². The molecule has 1 fully saturated rings. The number of rotatable bonds is 62. The molecule has 125 heavy (non-hydrogen) atoms. The van der Waals surface area contributed by atoms with Crippen LogP contribution in [0.2, 0.25) is 0 Å². The third-order valence-electron chi connectivity index (χ3n) is 20.7. The molecule has 1 aromatic carbocycles. The number of amides is 7. The van der Waals surface area contributed by atoms with Crippen LogP contribution in [0.15, 0.2) is 34.0 Å². The molecular formula is C80H116N12O28S5. The summed E-state index contributed by atoms with van der Waals surface area (Å²) in [7, 11) is -0.402. The van der Waals surface area contributed by atoms with Crippen LogP contribution >= 0.6 is 44.3 Å². The normalized spacial score (nSPS) is 15.5. The summed E-state index contributed by atoms with van der Waals surface area (Å²) in [6, 6.07) is -0.971. The van der Waals surface area contributed by atoms with E-state index in [2.05, 4.69) is 41.7 Å². The zero-order valence-corrected chi connectivity index (χ0v) is 75.2. The molecule has 1 aliphatic rings. The molecule has 2 aromatic heterocycles. The molecule has 1 unspecified atom stereocenters. The summed E-state index contributed by atoms with van der Waals surface area (Å²) < 4.78 is 33.2. The van der Waals surface area contributed by atoms with Crippen LogP contribution in [0.5, 0.6) is 5.75 Å². The third-order valence-corrected chi connectivity index (χ3v) is 26.3. The van der Waals surface area contributed by atoms with Crippen molar-refractivity contribution in [1.82, 2.24) is 51.6 Å². The molecule has 7 amide bonds. The number of nitrogens with one attached hydrogen (secondary N) is 6. The van der Waals surface area contributed by atoms with Gasteiger partial charge in [-0.15, -0.1) is 21.5 Å². The Morgan fingerprint density at radius 2 is 1.26 bits per heavy atom. The number of piperidine rings is 1. The maximum absolute atomic E-state index is 15.0. The van der Waals surface area contributed by atoms with E-state index in [-0.39, 0.29) is 135 Å². The minimum Gasteiger partial charge on any atom is -0.508 e. The van der Waals surface area contributed by atoms with E-state index in [0.717, 1.165) is 41.0 Å². The number of alkyl carbamates (subject to hydrolysis) is 1. The number of benzene rings is 1. The van der Waals surface area contributed by atoms with Crippen molar-refractivity contribution in [3.05, 3.63) is 45.9 Å². The molecule has 0 aliphatic carbocycles. The number of carboxylic acids is 5. The van der Waals surface area contributed by atoms with Crippen LogP contribution in [-0.4, -0.2) is 252 Å². The van der Waals surface area contributed by atoms with Gasteiger partial charge in [0.1, 0.15) is 29.9 Å². The van der Waals surface area contributed by atoms with Crippen molar-refractivity contribution in [1.29, 1.82) is 0 Å². The van der Waals surface area contributed by atoms with Gasteiger partial charge in [0.05, 0.1) is 67.2 Å². The summed E-state index contributed by atoms with van der Waals surface area (Å²) in [4.78, 5) is 244. The molecule has 45 heteroatoms. The second-order valence-corrected chi connectivity index (χ2v) is 37.5. The number of thiazole rings is 1. The van der Waals surface area contributed by atoms with Gasteiger partial charge >= 0.3 is 41.9 Å². The number of carbonyl (C=O) groups is 18. The molecule has 40 nitrogen and oxygen atoms in total. The van der Waals surface area contributed by atoms with E-state index in [1.807, 2.05) is 53.9 Å². The lowest BCUT2D eigenvalue weighted by Gasteiger charge is -2.39. The number of unbranched alkanes of at least 4 members (excludes halogenated alkanes) is 3. The number of likely N-dealkylation sites (N-methyl/N-ethyl adjacent to an activating group) is 1. The van der Waals surface area contributed by atoms with Gasteiger partial charge in [0.15, 0.2) is 29.9 Å². The number of phenolic OH excluding ortho intramolecular Hbond substituents is 1. The Hall–Kier alpha value is -9.96. The highest BCUT2D eigenvalue weighted by molar-refractivity contribution is 8.76. The molecule has 1 aliphatic heterocycles. The number of aliphatic carboxylic acids is 5. The van der Waals surface area contributed by atoms with Gasteiger partial charge < -0.3 is 76.9 Å². The van der Waals surface area contributed by atoms with Crippen LogP contribution in [0.1, 0.15) is 223 Å².